The van der Waals surface area contributed by atoms with Crippen LogP contribution in [0.1, 0.15) is 20.3 Å². The van der Waals surface area contributed by atoms with Crippen LogP contribution in [-0.4, -0.2) is 51.9 Å². The highest BCUT2D eigenvalue weighted by Crippen LogP contribution is 2.39. The Labute approximate surface area is 183 Å². The van der Waals surface area contributed by atoms with Crippen molar-refractivity contribution < 1.29 is 24.2 Å². The molecule has 166 valence electrons. The first-order chi connectivity index (χ1) is 15.4. The van der Waals surface area contributed by atoms with E-state index in [2.05, 4.69) is 9.72 Å². The summed E-state index contributed by atoms with van der Waals surface area (Å²) in [7, 11) is 0. The van der Waals surface area contributed by atoms with E-state index < -0.39 is 30.4 Å². The first kappa shape index (κ1) is 19.9. The fourth-order valence-electron chi connectivity index (χ4n) is 4.96. The number of ether oxygens (including phenoxy) is 3. The molecule has 3 aliphatic heterocycles. The molecule has 2 aromatic carbocycles. The van der Waals surface area contributed by atoms with E-state index in [9.17, 15) is 9.90 Å². The Morgan fingerprint density at radius 1 is 1.06 bits per heavy atom. The van der Waals surface area contributed by atoms with Crippen LogP contribution >= 0.6 is 0 Å². The van der Waals surface area contributed by atoms with Crippen molar-refractivity contribution in [2.75, 3.05) is 0 Å². The van der Waals surface area contributed by atoms with Gasteiger partial charge in [0, 0.05) is 17.2 Å². The van der Waals surface area contributed by atoms with Crippen LogP contribution in [0.5, 0.6) is 0 Å². The first-order valence-corrected chi connectivity index (χ1v) is 10.8. The molecule has 0 radical (unpaired) electrons. The van der Waals surface area contributed by atoms with Crippen LogP contribution in [-0.2, 0) is 25.6 Å². The average molecular weight is 436 g/mol. The Morgan fingerprint density at radius 2 is 1.72 bits per heavy atom. The number of rotatable bonds is 3. The number of nitrogens with zero attached hydrogens (tertiary/aromatic N) is 2. The van der Waals surface area contributed by atoms with E-state index in [0.717, 1.165) is 11.0 Å². The van der Waals surface area contributed by atoms with E-state index >= 15 is 0 Å². The summed E-state index contributed by atoms with van der Waals surface area (Å²) in [6.45, 7) is 4.09. The zero-order valence-electron chi connectivity index (χ0n) is 17.8. The predicted octanol–water partition coefficient (Wildman–Crippen LogP) is 2.54. The minimum absolute atomic E-state index is 0.0219. The Morgan fingerprint density at radius 3 is 2.38 bits per heavy atom. The molecule has 3 unspecified atom stereocenters. The highest BCUT2D eigenvalue weighted by atomic mass is 16.8. The van der Waals surface area contributed by atoms with Gasteiger partial charge >= 0.3 is 0 Å². The third-order valence-electron chi connectivity index (χ3n) is 6.37. The van der Waals surface area contributed by atoms with Gasteiger partial charge in [0.1, 0.15) is 18.3 Å². The Balaban J connectivity index is 1.26. The molecule has 32 heavy (non-hydrogen) atoms. The molecule has 0 saturated carbocycles. The van der Waals surface area contributed by atoms with E-state index in [1.54, 1.807) is 13.8 Å². The minimum Gasteiger partial charge on any atom is -0.390 e. The average Bonchev–Trinajstić information content (AvgIpc) is 3.45. The van der Waals surface area contributed by atoms with Gasteiger partial charge in [0.15, 0.2) is 23.6 Å². The number of aliphatic hydroxyl groups is 1. The molecule has 4 heterocycles. The second kappa shape index (κ2) is 7.11. The third kappa shape index (κ3) is 3.06. The summed E-state index contributed by atoms with van der Waals surface area (Å²) in [4.78, 5) is 18.7. The quantitative estimate of drug-likeness (QED) is 0.635. The number of hydrogen-bond donors (Lipinski definition) is 1. The lowest BCUT2D eigenvalue weighted by atomic mass is 10.0. The lowest BCUT2D eigenvalue weighted by Crippen LogP contribution is -2.38. The van der Waals surface area contributed by atoms with Crippen molar-refractivity contribution in [2.24, 2.45) is 5.16 Å². The fourth-order valence-corrected chi connectivity index (χ4v) is 4.96. The molecule has 8 heteroatoms. The van der Waals surface area contributed by atoms with Crippen LogP contribution in [0.4, 0.5) is 0 Å². The molecular weight excluding hydrogens is 412 g/mol. The topological polar surface area (TPSA) is 91.5 Å². The smallest absolute Gasteiger partial charge is 0.197 e. The second-order valence-electron chi connectivity index (χ2n) is 9.00. The van der Waals surface area contributed by atoms with Crippen LogP contribution in [0, 0.1) is 0 Å². The molecule has 0 amide bonds. The second-order valence-corrected chi connectivity index (χ2v) is 9.00. The van der Waals surface area contributed by atoms with Gasteiger partial charge in [0.2, 0.25) is 0 Å². The fraction of sp³-hybridized carbons (Fsp3) is 0.417. The molecule has 1 aromatic heterocycles. The zero-order chi connectivity index (χ0) is 22.0. The van der Waals surface area contributed by atoms with Crippen molar-refractivity contribution in [3.8, 4) is 0 Å². The molecule has 0 spiro atoms. The SMILES string of the molecule is CC1(C)OC2C(O)[C@@H](C3=NOC(Cn4c5ccccc5c(=O)c5ccccc54)C3)O[C@H]2O1. The third-order valence-corrected chi connectivity index (χ3v) is 6.37. The van der Waals surface area contributed by atoms with Gasteiger partial charge in [-0.15, -0.1) is 0 Å². The highest BCUT2D eigenvalue weighted by Gasteiger charge is 2.56. The number of oxime groups is 1. The van der Waals surface area contributed by atoms with Crippen LogP contribution in [0.2, 0.25) is 0 Å². The monoisotopic (exact) mass is 436 g/mol. The molecule has 6 rings (SSSR count). The lowest BCUT2D eigenvalue weighted by Gasteiger charge is -2.22. The van der Waals surface area contributed by atoms with Gasteiger partial charge in [0.25, 0.3) is 0 Å². The molecule has 3 aromatic rings. The number of hydrogen-bond acceptors (Lipinski definition) is 7. The number of benzene rings is 2. The van der Waals surface area contributed by atoms with Gasteiger partial charge in [-0.2, -0.15) is 0 Å². The van der Waals surface area contributed by atoms with Crippen LogP contribution in [0.15, 0.2) is 58.5 Å². The summed E-state index contributed by atoms with van der Waals surface area (Å²) < 4.78 is 19.5. The number of aliphatic hydroxyl groups excluding tert-OH is 1. The van der Waals surface area contributed by atoms with Crippen LogP contribution in [0.3, 0.4) is 0 Å². The molecule has 1 N–H and O–H groups in total. The summed E-state index contributed by atoms with van der Waals surface area (Å²) in [5.74, 6) is -0.787. The Bertz CT molecular complexity index is 1240. The van der Waals surface area contributed by atoms with Gasteiger partial charge in [-0.3, -0.25) is 4.79 Å². The Kier molecular flexibility index (Phi) is 4.42. The number of aromatic nitrogens is 1. The zero-order valence-corrected chi connectivity index (χ0v) is 17.8. The maximum atomic E-state index is 12.9. The summed E-state index contributed by atoms with van der Waals surface area (Å²) in [5, 5.41) is 16.3. The predicted molar refractivity (Wildman–Crippen MR) is 117 cm³/mol. The molecule has 3 aliphatic rings. The van der Waals surface area contributed by atoms with Crippen molar-refractivity contribution in [3.05, 3.63) is 58.8 Å². The molecule has 0 bridgehead atoms. The summed E-state index contributed by atoms with van der Waals surface area (Å²) >= 11 is 0. The van der Waals surface area contributed by atoms with Gasteiger partial charge < -0.3 is 28.7 Å². The maximum Gasteiger partial charge on any atom is 0.197 e. The van der Waals surface area contributed by atoms with Crippen molar-refractivity contribution >= 4 is 27.5 Å². The van der Waals surface area contributed by atoms with Crippen molar-refractivity contribution in [3.63, 3.8) is 0 Å². The van der Waals surface area contributed by atoms with Gasteiger partial charge in [-0.05, 0) is 38.1 Å². The minimum atomic E-state index is -0.878. The maximum absolute atomic E-state index is 12.9. The van der Waals surface area contributed by atoms with E-state index in [-0.39, 0.29) is 11.5 Å². The van der Waals surface area contributed by atoms with Crippen LogP contribution < -0.4 is 5.43 Å². The molecule has 2 fully saturated rings. The van der Waals surface area contributed by atoms with Crippen molar-refractivity contribution in [1.82, 2.24) is 4.57 Å². The normalized spacial score (nSPS) is 31.1. The largest absolute Gasteiger partial charge is 0.390 e. The van der Waals surface area contributed by atoms with Crippen molar-refractivity contribution in [2.45, 2.75) is 63.3 Å². The van der Waals surface area contributed by atoms with E-state index in [1.165, 1.54) is 0 Å². The lowest BCUT2D eigenvalue weighted by molar-refractivity contribution is -0.207. The van der Waals surface area contributed by atoms with E-state index in [0.29, 0.717) is 29.4 Å². The number of fused-ring (bicyclic) bond motifs is 3. The molecule has 2 saturated heterocycles. The molecule has 8 nitrogen and oxygen atoms in total. The summed E-state index contributed by atoms with van der Waals surface area (Å²) in [6.07, 6.45) is -2.44. The van der Waals surface area contributed by atoms with Gasteiger partial charge in [-0.1, -0.05) is 29.4 Å². The molecular formula is C24H24N2O6. The molecule has 0 aliphatic carbocycles. The highest BCUT2D eigenvalue weighted by molar-refractivity contribution is 5.94. The standard InChI is InChI=1S/C24H24N2O6/c1-24(2)30-22-20(28)21(29-23(22)31-24)16-11-13(32-25-16)12-26-17-9-5-3-7-14(17)19(27)15-8-4-6-10-18(15)26/h3-10,13,20-23,28H,11-12H2,1-2H3/t13?,20?,21-,22?,23+/m1/s1. The van der Waals surface area contributed by atoms with E-state index in [4.69, 9.17) is 19.0 Å². The van der Waals surface area contributed by atoms with Gasteiger partial charge in [-0.25, -0.2) is 0 Å². The first-order valence-electron chi connectivity index (χ1n) is 10.8. The summed E-state index contributed by atoms with van der Waals surface area (Å²) in [5.41, 5.74) is 2.36. The number of pyridine rings is 1. The van der Waals surface area contributed by atoms with Crippen molar-refractivity contribution in [1.29, 1.82) is 0 Å². The number of para-hydroxylation sites is 2. The van der Waals surface area contributed by atoms with Gasteiger partial charge in [0.05, 0.1) is 23.3 Å². The summed E-state index contributed by atoms with van der Waals surface area (Å²) in [6, 6.07) is 15.2. The molecule has 5 atom stereocenters. The Hall–Kier alpha value is -2.78. The van der Waals surface area contributed by atoms with E-state index in [1.807, 2.05) is 48.5 Å². The van der Waals surface area contributed by atoms with Crippen LogP contribution in [0.25, 0.3) is 21.8 Å².